The number of piperazine rings is 1. The lowest BCUT2D eigenvalue weighted by Crippen LogP contribution is -2.45. The first kappa shape index (κ1) is 23.5. The maximum absolute atomic E-state index is 2.62. The smallest absolute Gasteiger partial charge is 0.0491 e. The lowest BCUT2D eigenvalue weighted by atomic mass is 10.1. The second kappa shape index (κ2) is 9.61. The van der Waals surface area contributed by atoms with Gasteiger partial charge in [-0.15, -0.1) is 0 Å². The van der Waals surface area contributed by atoms with E-state index in [0.29, 0.717) is 0 Å². The molecule has 38 heavy (non-hydrogen) atoms. The fourth-order valence-corrected chi connectivity index (χ4v) is 6.70. The summed E-state index contributed by atoms with van der Waals surface area (Å²) in [5.41, 5.74) is 8.22. The van der Waals surface area contributed by atoms with Crippen LogP contribution in [0.2, 0.25) is 0 Å². The third-order valence-electron chi connectivity index (χ3n) is 8.58. The van der Waals surface area contributed by atoms with Gasteiger partial charge in [-0.25, -0.2) is 0 Å². The molecule has 0 aliphatic carbocycles. The minimum Gasteiger partial charge on any atom is -0.341 e. The molecule has 0 N–H and O–H groups in total. The second-order valence-corrected chi connectivity index (χ2v) is 10.8. The monoisotopic (exact) mass is 500 g/mol. The van der Waals surface area contributed by atoms with Crippen molar-refractivity contribution in [3.05, 3.63) is 96.1 Å². The molecule has 0 saturated carbocycles. The van der Waals surface area contributed by atoms with Gasteiger partial charge in [-0.3, -0.25) is 9.80 Å². The summed E-state index contributed by atoms with van der Waals surface area (Å²) in [5.74, 6) is 0. The molecular formula is C34H36N4. The number of benzene rings is 4. The third kappa shape index (κ3) is 3.91. The van der Waals surface area contributed by atoms with E-state index in [4.69, 9.17) is 0 Å². The van der Waals surface area contributed by atoms with Crippen LogP contribution in [0.25, 0.3) is 43.6 Å². The summed E-state index contributed by atoms with van der Waals surface area (Å²) in [4.78, 5) is 5.24. The molecule has 0 radical (unpaired) electrons. The van der Waals surface area contributed by atoms with Crippen LogP contribution in [-0.4, -0.2) is 45.1 Å². The molecule has 0 unspecified atom stereocenters. The summed E-state index contributed by atoms with van der Waals surface area (Å²) in [7, 11) is 0. The third-order valence-corrected chi connectivity index (χ3v) is 8.58. The molecule has 3 heterocycles. The summed E-state index contributed by atoms with van der Waals surface area (Å²) in [6.07, 6.45) is 0. The van der Waals surface area contributed by atoms with Crippen LogP contribution in [0.5, 0.6) is 0 Å². The number of aromatic nitrogens is 2. The van der Waals surface area contributed by atoms with Crippen molar-refractivity contribution in [3.8, 4) is 0 Å². The average Bonchev–Trinajstić information content (AvgIpc) is 3.45. The van der Waals surface area contributed by atoms with Gasteiger partial charge in [0, 0.05) is 96.0 Å². The van der Waals surface area contributed by atoms with E-state index in [9.17, 15) is 0 Å². The van der Waals surface area contributed by atoms with Gasteiger partial charge in [0.1, 0.15) is 0 Å². The zero-order valence-corrected chi connectivity index (χ0v) is 22.5. The van der Waals surface area contributed by atoms with Gasteiger partial charge in [0.2, 0.25) is 0 Å². The molecule has 7 rings (SSSR count). The molecule has 4 aromatic carbocycles. The predicted molar refractivity (Wildman–Crippen MR) is 161 cm³/mol. The highest BCUT2D eigenvalue weighted by Gasteiger charge is 2.19. The molecule has 192 valence electrons. The Morgan fingerprint density at radius 1 is 0.474 bits per heavy atom. The molecule has 6 aromatic rings. The van der Waals surface area contributed by atoms with Crippen LogP contribution >= 0.6 is 0 Å². The topological polar surface area (TPSA) is 16.3 Å². The fraction of sp³-hybridized carbons (Fsp3) is 0.294. The Labute approximate surface area is 224 Å². The Bertz CT molecular complexity index is 1630. The molecule has 4 nitrogen and oxygen atoms in total. The van der Waals surface area contributed by atoms with Crippen LogP contribution in [0, 0.1) is 0 Å². The van der Waals surface area contributed by atoms with Gasteiger partial charge < -0.3 is 9.13 Å². The first-order valence-corrected chi connectivity index (χ1v) is 14.2. The fourth-order valence-electron chi connectivity index (χ4n) is 6.70. The van der Waals surface area contributed by atoms with Gasteiger partial charge in [-0.1, -0.05) is 48.5 Å². The zero-order chi connectivity index (χ0) is 25.6. The summed E-state index contributed by atoms with van der Waals surface area (Å²) in [6.45, 7) is 13.0. The van der Waals surface area contributed by atoms with Crippen molar-refractivity contribution in [2.45, 2.75) is 40.0 Å². The number of para-hydroxylation sites is 2. The van der Waals surface area contributed by atoms with E-state index in [-0.39, 0.29) is 0 Å². The Kier molecular flexibility index (Phi) is 5.95. The highest BCUT2D eigenvalue weighted by Crippen LogP contribution is 2.31. The van der Waals surface area contributed by atoms with Crippen molar-refractivity contribution >= 4 is 43.6 Å². The van der Waals surface area contributed by atoms with Gasteiger partial charge in [0.25, 0.3) is 0 Å². The Balaban J connectivity index is 1.05. The van der Waals surface area contributed by atoms with E-state index in [2.05, 4.69) is 118 Å². The highest BCUT2D eigenvalue weighted by molar-refractivity contribution is 6.09. The molecule has 0 atom stereocenters. The number of aryl methyl sites for hydroxylation is 2. The lowest BCUT2D eigenvalue weighted by molar-refractivity contribution is 0.122. The van der Waals surface area contributed by atoms with Crippen LogP contribution < -0.4 is 0 Å². The van der Waals surface area contributed by atoms with Crippen LogP contribution in [0.15, 0.2) is 84.9 Å². The molecule has 0 amide bonds. The number of nitrogens with zero attached hydrogens (tertiary/aromatic N) is 4. The standard InChI is InChI=1S/C34H36N4/c1-3-37-31-11-7-5-9-27(31)29-21-25(13-15-33(29)37)23-35-17-19-36(20-18-35)24-26-14-16-34-30(22-26)28-10-6-8-12-32(28)38(34)4-2/h5-16,21-22H,3-4,17-20,23-24H2,1-2H3. The largest absolute Gasteiger partial charge is 0.341 e. The van der Waals surface area contributed by atoms with Crippen LogP contribution in [-0.2, 0) is 26.2 Å². The molecule has 0 bridgehead atoms. The predicted octanol–water partition coefficient (Wildman–Crippen LogP) is 7.26. The van der Waals surface area contributed by atoms with E-state index in [1.54, 1.807) is 0 Å². The molecule has 0 spiro atoms. The first-order valence-electron chi connectivity index (χ1n) is 14.2. The first-order chi connectivity index (χ1) is 18.7. The number of hydrogen-bond donors (Lipinski definition) is 0. The summed E-state index contributed by atoms with van der Waals surface area (Å²) >= 11 is 0. The van der Waals surface area contributed by atoms with Gasteiger partial charge in [-0.05, 0) is 61.4 Å². The maximum atomic E-state index is 2.62. The summed E-state index contributed by atoms with van der Waals surface area (Å²) < 4.78 is 4.87. The van der Waals surface area contributed by atoms with Crippen LogP contribution in [0.4, 0.5) is 0 Å². The zero-order valence-electron chi connectivity index (χ0n) is 22.5. The van der Waals surface area contributed by atoms with Crippen molar-refractivity contribution < 1.29 is 0 Å². The van der Waals surface area contributed by atoms with Gasteiger partial charge in [0.15, 0.2) is 0 Å². The van der Waals surface area contributed by atoms with Crippen molar-refractivity contribution in [2.24, 2.45) is 0 Å². The van der Waals surface area contributed by atoms with E-state index in [1.807, 2.05) is 0 Å². The second-order valence-electron chi connectivity index (χ2n) is 10.8. The van der Waals surface area contributed by atoms with Crippen molar-refractivity contribution in [1.29, 1.82) is 0 Å². The minimum absolute atomic E-state index is 0.999. The lowest BCUT2D eigenvalue weighted by Gasteiger charge is -2.34. The Morgan fingerprint density at radius 2 is 0.868 bits per heavy atom. The normalized spacial score (nSPS) is 15.4. The Hall–Kier alpha value is -3.60. The SMILES string of the molecule is CCn1c2ccccc2c2cc(CN3CCN(Cc4ccc5c(c4)c4ccccc4n5CC)CC3)ccc21. The number of hydrogen-bond acceptors (Lipinski definition) is 2. The average molecular weight is 501 g/mol. The van der Waals surface area contributed by atoms with E-state index >= 15 is 0 Å². The molecule has 1 saturated heterocycles. The number of fused-ring (bicyclic) bond motifs is 6. The van der Waals surface area contributed by atoms with Gasteiger partial charge in [-0.2, -0.15) is 0 Å². The molecular weight excluding hydrogens is 464 g/mol. The van der Waals surface area contributed by atoms with Gasteiger partial charge in [0.05, 0.1) is 0 Å². The van der Waals surface area contributed by atoms with E-state index in [1.165, 1.54) is 54.7 Å². The quantitative estimate of drug-likeness (QED) is 0.239. The van der Waals surface area contributed by atoms with E-state index in [0.717, 1.165) is 52.4 Å². The van der Waals surface area contributed by atoms with Crippen molar-refractivity contribution in [3.63, 3.8) is 0 Å². The molecule has 4 heteroatoms. The Morgan fingerprint density at radius 3 is 1.29 bits per heavy atom. The molecule has 1 aliphatic rings. The van der Waals surface area contributed by atoms with Gasteiger partial charge >= 0.3 is 0 Å². The number of rotatable bonds is 6. The van der Waals surface area contributed by atoms with Crippen LogP contribution in [0.3, 0.4) is 0 Å². The summed E-state index contributed by atoms with van der Waals surface area (Å²) in [5, 5.41) is 5.52. The van der Waals surface area contributed by atoms with E-state index < -0.39 is 0 Å². The molecule has 1 fully saturated rings. The molecule has 1 aliphatic heterocycles. The van der Waals surface area contributed by atoms with Crippen LogP contribution in [0.1, 0.15) is 25.0 Å². The highest BCUT2D eigenvalue weighted by atomic mass is 15.3. The molecule has 2 aromatic heterocycles. The van der Waals surface area contributed by atoms with Crippen molar-refractivity contribution in [1.82, 2.24) is 18.9 Å². The maximum Gasteiger partial charge on any atom is 0.0491 e. The van der Waals surface area contributed by atoms with Crippen molar-refractivity contribution in [2.75, 3.05) is 26.2 Å². The minimum atomic E-state index is 0.999. The summed E-state index contributed by atoms with van der Waals surface area (Å²) in [6, 6.07) is 31.8.